The minimum Gasteiger partial charge on any atom is -0.480 e. The Morgan fingerprint density at radius 1 is 0.679 bits per heavy atom. The van der Waals surface area contributed by atoms with Gasteiger partial charge < -0.3 is 58.9 Å². The van der Waals surface area contributed by atoms with Crippen LogP contribution in [0.5, 0.6) is 0 Å². The molecule has 20 heteroatoms. The smallest absolute Gasteiger partial charge is 0.341 e. The summed E-state index contributed by atoms with van der Waals surface area (Å²) in [5.41, 5.74) is 18.8. The van der Waals surface area contributed by atoms with Gasteiger partial charge in [-0.15, -0.1) is 0 Å². The number of anilines is 3. The number of aromatic nitrogens is 1. The third-order valence-corrected chi connectivity index (χ3v) is 6.28. The first-order valence-corrected chi connectivity index (χ1v) is 15.9. The van der Waals surface area contributed by atoms with Crippen LogP contribution in [0.15, 0.2) is 97.2 Å². The molecular weight excluding hydrogens is 736 g/mol. The Hall–Kier alpha value is -7.87. The van der Waals surface area contributed by atoms with Crippen LogP contribution in [0.25, 0.3) is 0 Å². The minimum absolute atomic E-state index is 0.0941. The van der Waals surface area contributed by atoms with Crippen LogP contribution in [0.2, 0.25) is 0 Å². The monoisotopic (exact) mass is 776 g/mol. The maximum absolute atomic E-state index is 11.3. The normalized spacial score (nSPS) is 10.0. The summed E-state index contributed by atoms with van der Waals surface area (Å²) in [7, 11) is 0. The van der Waals surface area contributed by atoms with E-state index < -0.39 is 41.9 Å². The predicted molar refractivity (Wildman–Crippen MR) is 201 cm³/mol. The number of nitrogens with zero attached hydrogens (tertiary/aromatic N) is 1. The molecule has 0 saturated carbocycles. The number of carboxylic acids is 4. The number of benzene rings is 3. The molecule has 20 nitrogen and oxygen atoms in total. The largest absolute Gasteiger partial charge is 0.480 e. The van der Waals surface area contributed by atoms with Gasteiger partial charge in [0.2, 0.25) is 11.8 Å². The van der Waals surface area contributed by atoms with Crippen LogP contribution in [0, 0.1) is 0 Å². The molecule has 0 radical (unpaired) electrons. The van der Waals surface area contributed by atoms with E-state index in [4.69, 9.17) is 37.6 Å². The number of carbonyl (C=O) groups excluding carboxylic acids is 4. The van der Waals surface area contributed by atoms with Gasteiger partial charge >= 0.3 is 23.9 Å². The van der Waals surface area contributed by atoms with Crippen LogP contribution in [0.1, 0.15) is 43.7 Å². The molecule has 0 aliphatic rings. The van der Waals surface area contributed by atoms with E-state index in [1.54, 1.807) is 66.9 Å². The zero-order chi connectivity index (χ0) is 42.2. The molecule has 1 unspecified atom stereocenters. The highest BCUT2D eigenvalue weighted by Gasteiger charge is 2.15. The molecule has 0 bridgehead atoms. The first-order chi connectivity index (χ1) is 26.4. The van der Waals surface area contributed by atoms with Gasteiger partial charge in [0, 0.05) is 35.6 Å². The van der Waals surface area contributed by atoms with Gasteiger partial charge in [0.05, 0.1) is 23.4 Å². The molecule has 1 atom stereocenters. The highest BCUT2D eigenvalue weighted by molar-refractivity contribution is 5.97. The number of pyridine rings is 1. The van der Waals surface area contributed by atoms with Gasteiger partial charge in [-0.25, -0.2) is 9.59 Å². The number of amides is 4. The summed E-state index contributed by atoms with van der Waals surface area (Å²) in [5, 5.41) is 42.8. The quantitative estimate of drug-likeness (QED) is 0.0694. The van der Waals surface area contributed by atoms with Crippen LogP contribution >= 0.6 is 0 Å². The number of aromatic carboxylic acids is 1. The fraction of sp³-hybridized carbons (Fsp3) is 0.139. The van der Waals surface area contributed by atoms with Gasteiger partial charge in [-0.3, -0.25) is 33.8 Å². The second kappa shape index (κ2) is 24.4. The molecule has 4 aromatic rings. The van der Waals surface area contributed by atoms with Gasteiger partial charge in [-0.2, -0.15) is 0 Å². The molecule has 1 heterocycles. The first kappa shape index (κ1) is 46.2. The Labute approximate surface area is 318 Å². The molecule has 56 heavy (non-hydrogen) atoms. The molecule has 3 aromatic carbocycles. The zero-order valence-electron chi connectivity index (χ0n) is 29.7. The van der Waals surface area contributed by atoms with Gasteiger partial charge in [-0.1, -0.05) is 24.3 Å². The highest BCUT2D eigenvalue weighted by Crippen LogP contribution is 2.19. The van der Waals surface area contributed by atoms with Gasteiger partial charge in [0.15, 0.2) is 6.17 Å². The molecule has 0 fully saturated rings. The van der Waals surface area contributed by atoms with Crippen molar-refractivity contribution in [3.8, 4) is 0 Å². The van der Waals surface area contributed by atoms with E-state index in [2.05, 4.69) is 26.3 Å². The minimum atomic E-state index is -1.37. The summed E-state index contributed by atoms with van der Waals surface area (Å²) < 4.78 is 0. The van der Waals surface area contributed by atoms with Gasteiger partial charge in [0.25, 0.3) is 11.8 Å². The zero-order valence-corrected chi connectivity index (χ0v) is 29.7. The summed E-state index contributed by atoms with van der Waals surface area (Å²) in [5.74, 6) is -5.97. The Kier molecular flexibility index (Phi) is 20.1. The number of nitrogens with one attached hydrogen (secondary N) is 4. The Bertz CT molecular complexity index is 1960. The average Bonchev–Trinajstić information content (AvgIpc) is 3.15. The maximum Gasteiger partial charge on any atom is 0.341 e. The van der Waals surface area contributed by atoms with E-state index in [1.807, 2.05) is 0 Å². The van der Waals surface area contributed by atoms with Gasteiger partial charge in [-0.05, 0) is 66.7 Å². The molecular formula is C36H40N8O12. The van der Waals surface area contributed by atoms with Crippen molar-refractivity contribution >= 4 is 64.6 Å². The fourth-order valence-electron chi connectivity index (χ4n) is 3.67. The summed E-state index contributed by atoms with van der Waals surface area (Å²) in [4.78, 5) is 89.4. The number of hydrogen-bond donors (Lipinski definition) is 11. The third-order valence-electron chi connectivity index (χ3n) is 6.28. The lowest BCUT2D eigenvalue weighted by atomic mass is 10.2. The van der Waals surface area contributed by atoms with Crippen LogP contribution in [0.4, 0.5) is 17.1 Å². The number of aliphatic carboxylic acids is 3. The van der Waals surface area contributed by atoms with Crippen LogP contribution in [-0.2, 0) is 30.4 Å². The summed E-state index contributed by atoms with van der Waals surface area (Å²) in [6.07, 6.45) is 0.316. The van der Waals surface area contributed by atoms with E-state index in [0.29, 0.717) is 28.2 Å². The van der Waals surface area contributed by atoms with E-state index >= 15 is 0 Å². The summed E-state index contributed by atoms with van der Waals surface area (Å²) >= 11 is 0. The molecule has 1 aromatic heterocycles. The lowest BCUT2D eigenvalue weighted by Crippen LogP contribution is -2.47. The molecule has 0 saturated heterocycles. The molecule has 14 N–H and O–H groups in total. The lowest BCUT2D eigenvalue weighted by molar-refractivity contribution is -0.139. The third kappa shape index (κ3) is 19.7. The number of carboxylic acid groups (broad SMARTS) is 4. The van der Waals surface area contributed by atoms with E-state index in [9.17, 15) is 38.4 Å². The van der Waals surface area contributed by atoms with E-state index in [1.165, 1.54) is 37.3 Å². The van der Waals surface area contributed by atoms with E-state index in [0.717, 1.165) is 0 Å². The molecule has 4 rings (SSSR count). The van der Waals surface area contributed by atoms with Crippen molar-refractivity contribution in [2.75, 3.05) is 29.9 Å². The van der Waals surface area contributed by atoms with Crippen molar-refractivity contribution < 1.29 is 58.8 Å². The summed E-state index contributed by atoms with van der Waals surface area (Å²) in [6, 6.07) is 23.9. The van der Waals surface area contributed by atoms with Crippen LogP contribution < -0.4 is 38.5 Å². The molecule has 296 valence electrons. The van der Waals surface area contributed by atoms with Crippen LogP contribution in [-0.4, -0.2) is 92.2 Å². The van der Waals surface area contributed by atoms with Crippen molar-refractivity contribution in [3.05, 3.63) is 120 Å². The Balaban J connectivity index is 0.000000373. The van der Waals surface area contributed by atoms with Gasteiger partial charge in [0.1, 0.15) is 13.1 Å². The standard InChI is InChI=1S/4C9H10N2O3/c1-5(12)11-8-3-2-6(9(13)14)4-7(8)10;10-7-3-1-6(2-4-7)9(14)11-5-8(12)13;12-8(11-6-9(13)14)5-7-3-1-2-4-10-7;10-7(9(13)14)11-8(12)6-4-2-1-3-5-6/h2-4H,10H2,1H3,(H,11,12)(H,13,14);1-4H,5,10H2,(H,11,14)(H,12,13);1-4H,5-6H2,(H,11,12)(H,13,14);1-5,7H,10H2,(H,11,12)(H,13,14). The van der Waals surface area contributed by atoms with Crippen molar-refractivity contribution in [3.63, 3.8) is 0 Å². The van der Waals surface area contributed by atoms with Crippen molar-refractivity contribution in [1.82, 2.24) is 20.9 Å². The maximum atomic E-state index is 11.3. The second-order valence-corrected chi connectivity index (χ2v) is 10.8. The second-order valence-electron chi connectivity index (χ2n) is 10.8. The number of hydrogen-bond acceptors (Lipinski definition) is 12. The average molecular weight is 777 g/mol. The number of carbonyl (C=O) groups is 8. The number of nitrogens with two attached hydrogens (primary N) is 3. The molecule has 4 amide bonds. The number of rotatable bonds is 12. The van der Waals surface area contributed by atoms with E-state index in [-0.39, 0.29) is 42.6 Å². The topological polar surface area (TPSA) is 357 Å². The predicted octanol–water partition coefficient (Wildman–Crippen LogP) is 0.619. The first-order valence-electron chi connectivity index (χ1n) is 15.9. The Morgan fingerprint density at radius 3 is 1.73 bits per heavy atom. The molecule has 0 aliphatic heterocycles. The highest BCUT2D eigenvalue weighted by atomic mass is 16.4. The van der Waals surface area contributed by atoms with Crippen molar-refractivity contribution in [2.45, 2.75) is 19.5 Å². The van der Waals surface area contributed by atoms with Crippen molar-refractivity contribution in [1.29, 1.82) is 0 Å². The number of nitrogen functional groups attached to an aromatic ring is 2. The molecule has 0 spiro atoms. The Morgan fingerprint density at radius 2 is 1.23 bits per heavy atom. The SMILES string of the molecule is CC(=O)Nc1ccc(C(=O)O)cc1N.NC(NC(=O)c1ccccc1)C(=O)O.Nc1ccc(C(=O)NCC(=O)O)cc1.O=C(O)CNC(=O)Cc1ccccn1. The van der Waals surface area contributed by atoms with Crippen molar-refractivity contribution in [2.24, 2.45) is 5.73 Å². The molecule has 0 aliphatic carbocycles. The summed E-state index contributed by atoms with van der Waals surface area (Å²) in [6.45, 7) is 0.611. The fourth-order valence-corrected chi connectivity index (χ4v) is 3.67. The van der Waals surface area contributed by atoms with Crippen LogP contribution in [0.3, 0.4) is 0 Å². The lowest BCUT2D eigenvalue weighted by Gasteiger charge is -2.08.